The van der Waals surface area contributed by atoms with Crippen LogP contribution in [0.5, 0.6) is 5.75 Å². The number of aliphatic hydroxyl groups excluding tert-OH is 1. The standard InChI is InChI=1S/C28H25N5O4S/c1-17-11-13-19(14-12-17)33-26(18-7-6-8-20(15-18)36-2)31-32-28(33)38-16-23(34)24(27(35)37-3)25-29-21-9-4-5-10-22(21)30-25/h4-15,34H,16H2,1-3H3,(H,29,30). The molecule has 2 heterocycles. The number of hydrogen-bond acceptors (Lipinski definition) is 8. The predicted molar refractivity (Wildman–Crippen MR) is 146 cm³/mol. The SMILES string of the molecule is COC(=O)C(=C(O)CSc1nnc(-c2cccc(OC)c2)n1-c1ccc(C)cc1)c1nc2ccccc2[nH]1. The number of rotatable bonds is 8. The van der Waals surface area contributed by atoms with E-state index < -0.39 is 5.97 Å². The molecule has 0 saturated carbocycles. The second kappa shape index (κ2) is 10.8. The number of nitrogens with one attached hydrogen (secondary N) is 1. The number of aromatic nitrogens is 5. The van der Waals surface area contributed by atoms with Crippen LogP contribution in [0.3, 0.4) is 0 Å². The lowest BCUT2D eigenvalue weighted by atomic mass is 10.2. The monoisotopic (exact) mass is 527 g/mol. The van der Waals surface area contributed by atoms with E-state index in [-0.39, 0.29) is 22.9 Å². The molecule has 0 unspecified atom stereocenters. The summed E-state index contributed by atoms with van der Waals surface area (Å²) in [5.41, 5.74) is 4.17. The number of thioether (sulfide) groups is 1. The molecule has 38 heavy (non-hydrogen) atoms. The number of methoxy groups -OCH3 is 2. The summed E-state index contributed by atoms with van der Waals surface area (Å²) in [5, 5.41) is 20.5. The van der Waals surface area contributed by atoms with Crippen LogP contribution in [0.4, 0.5) is 0 Å². The zero-order valence-electron chi connectivity index (χ0n) is 21.0. The number of aryl methyl sites for hydroxylation is 1. The molecule has 10 heteroatoms. The molecule has 5 aromatic rings. The number of benzene rings is 3. The Morgan fingerprint density at radius 2 is 1.82 bits per heavy atom. The molecule has 3 aromatic carbocycles. The van der Waals surface area contributed by atoms with Gasteiger partial charge in [0, 0.05) is 11.3 Å². The Morgan fingerprint density at radius 1 is 1.03 bits per heavy atom. The van der Waals surface area contributed by atoms with Crippen molar-refractivity contribution in [1.29, 1.82) is 0 Å². The predicted octanol–water partition coefficient (Wildman–Crippen LogP) is 5.36. The van der Waals surface area contributed by atoms with Gasteiger partial charge in [0.2, 0.25) is 0 Å². The molecule has 0 fully saturated rings. The van der Waals surface area contributed by atoms with Crippen molar-refractivity contribution < 1.29 is 19.4 Å². The van der Waals surface area contributed by atoms with Gasteiger partial charge in [0.05, 0.1) is 31.0 Å². The second-order valence-corrected chi connectivity index (χ2v) is 9.36. The Morgan fingerprint density at radius 3 is 2.55 bits per heavy atom. The normalized spacial score (nSPS) is 11.9. The van der Waals surface area contributed by atoms with E-state index >= 15 is 0 Å². The first-order valence-electron chi connectivity index (χ1n) is 11.7. The third-order valence-electron chi connectivity index (χ3n) is 5.90. The molecule has 0 aliphatic carbocycles. The second-order valence-electron chi connectivity index (χ2n) is 8.41. The number of esters is 1. The molecule has 2 N–H and O–H groups in total. The van der Waals surface area contributed by atoms with Crippen molar-refractivity contribution in [3.05, 3.63) is 89.9 Å². The Kier molecular flexibility index (Phi) is 7.14. The lowest BCUT2D eigenvalue weighted by molar-refractivity contribution is -0.133. The van der Waals surface area contributed by atoms with Gasteiger partial charge >= 0.3 is 5.97 Å². The molecular weight excluding hydrogens is 502 g/mol. The molecule has 0 atom stereocenters. The topological polar surface area (TPSA) is 115 Å². The summed E-state index contributed by atoms with van der Waals surface area (Å²) in [6.45, 7) is 2.02. The first kappa shape index (κ1) is 25.1. The smallest absolute Gasteiger partial charge is 0.345 e. The number of ether oxygens (including phenoxy) is 2. The fourth-order valence-corrected chi connectivity index (χ4v) is 4.80. The van der Waals surface area contributed by atoms with Gasteiger partial charge < -0.3 is 19.6 Å². The first-order valence-corrected chi connectivity index (χ1v) is 12.7. The van der Waals surface area contributed by atoms with Gasteiger partial charge in [0.15, 0.2) is 11.0 Å². The van der Waals surface area contributed by atoms with Crippen LogP contribution in [0.1, 0.15) is 11.4 Å². The van der Waals surface area contributed by atoms with Gasteiger partial charge in [-0.2, -0.15) is 0 Å². The number of nitrogens with zero attached hydrogens (tertiary/aromatic N) is 4. The van der Waals surface area contributed by atoms with Crippen LogP contribution in [0, 0.1) is 6.92 Å². The fraction of sp³-hybridized carbons (Fsp3) is 0.143. The van der Waals surface area contributed by atoms with Crippen molar-refractivity contribution in [3.63, 3.8) is 0 Å². The number of carbonyl (C=O) groups excluding carboxylic acids is 1. The number of imidazole rings is 1. The van der Waals surface area contributed by atoms with Gasteiger partial charge in [-0.25, -0.2) is 9.78 Å². The third kappa shape index (κ3) is 4.98. The molecule has 0 amide bonds. The summed E-state index contributed by atoms with van der Waals surface area (Å²) in [4.78, 5) is 20.2. The zero-order chi connectivity index (χ0) is 26.6. The zero-order valence-corrected chi connectivity index (χ0v) is 21.8. The molecule has 0 aliphatic rings. The maximum absolute atomic E-state index is 12.7. The third-order valence-corrected chi connectivity index (χ3v) is 6.84. The lowest BCUT2D eigenvalue weighted by Gasteiger charge is -2.12. The summed E-state index contributed by atoms with van der Waals surface area (Å²) < 4.78 is 12.3. The Hall–Kier alpha value is -4.57. The van der Waals surface area contributed by atoms with Crippen LogP contribution in [0.15, 0.2) is 83.7 Å². The van der Waals surface area contributed by atoms with Crippen molar-refractivity contribution in [3.8, 4) is 22.8 Å². The highest BCUT2D eigenvalue weighted by molar-refractivity contribution is 7.99. The average molecular weight is 528 g/mol. The van der Waals surface area contributed by atoms with Crippen molar-refractivity contribution in [1.82, 2.24) is 24.7 Å². The lowest BCUT2D eigenvalue weighted by Crippen LogP contribution is -2.10. The highest BCUT2D eigenvalue weighted by atomic mass is 32.2. The molecule has 0 radical (unpaired) electrons. The summed E-state index contributed by atoms with van der Waals surface area (Å²) in [5.74, 6) is 0.687. The summed E-state index contributed by atoms with van der Waals surface area (Å²) in [7, 11) is 2.88. The van der Waals surface area contributed by atoms with Gasteiger partial charge in [-0.05, 0) is 43.3 Å². The summed E-state index contributed by atoms with van der Waals surface area (Å²) >= 11 is 1.24. The van der Waals surface area contributed by atoms with Crippen LogP contribution in [0.25, 0.3) is 33.7 Å². The molecule has 9 nitrogen and oxygen atoms in total. The number of aromatic amines is 1. The van der Waals surface area contributed by atoms with Crippen LogP contribution in [0.2, 0.25) is 0 Å². The number of fused-ring (bicyclic) bond motifs is 1. The van der Waals surface area contributed by atoms with E-state index in [4.69, 9.17) is 9.47 Å². The van der Waals surface area contributed by atoms with Crippen LogP contribution < -0.4 is 4.74 Å². The molecule has 5 rings (SSSR count). The van der Waals surface area contributed by atoms with Gasteiger partial charge in [0.25, 0.3) is 0 Å². The molecule has 0 aliphatic heterocycles. The van der Waals surface area contributed by atoms with Gasteiger partial charge in [-0.15, -0.1) is 10.2 Å². The Balaban J connectivity index is 1.54. The maximum atomic E-state index is 12.7. The van der Waals surface area contributed by atoms with Gasteiger partial charge in [0.1, 0.15) is 22.9 Å². The number of aliphatic hydroxyl groups is 1. The van der Waals surface area contributed by atoms with E-state index in [0.29, 0.717) is 22.2 Å². The van der Waals surface area contributed by atoms with Crippen molar-refractivity contribution in [2.24, 2.45) is 0 Å². The molecule has 192 valence electrons. The van der Waals surface area contributed by atoms with E-state index in [2.05, 4.69) is 20.2 Å². The number of H-pyrrole nitrogens is 1. The van der Waals surface area contributed by atoms with Crippen LogP contribution in [-0.4, -0.2) is 55.8 Å². The minimum Gasteiger partial charge on any atom is -0.510 e. The minimum atomic E-state index is -0.695. The fourth-order valence-electron chi connectivity index (χ4n) is 3.97. The number of para-hydroxylation sites is 2. The van der Waals surface area contributed by atoms with Crippen LogP contribution in [-0.2, 0) is 9.53 Å². The average Bonchev–Trinajstić information content (AvgIpc) is 3.56. The Bertz CT molecular complexity index is 1610. The van der Waals surface area contributed by atoms with Gasteiger partial charge in [-0.1, -0.05) is 53.7 Å². The largest absolute Gasteiger partial charge is 0.510 e. The van der Waals surface area contributed by atoms with Crippen molar-refractivity contribution in [2.75, 3.05) is 20.0 Å². The highest BCUT2D eigenvalue weighted by Gasteiger charge is 2.24. The number of carbonyl (C=O) groups is 1. The molecule has 0 bridgehead atoms. The quantitative estimate of drug-likeness (QED) is 0.120. The maximum Gasteiger partial charge on any atom is 0.345 e. The van der Waals surface area contributed by atoms with E-state index in [1.165, 1.54) is 18.9 Å². The van der Waals surface area contributed by atoms with E-state index in [9.17, 15) is 9.90 Å². The molecule has 2 aromatic heterocycles. The first-order chi connectivity index (χ1) is 18.5. The number of hydrogen-bond donors (Lipinski definition) is 2. The van der Waals surface area contributed by atoms with Crippen LogP contribution >= 0.6 is 11.8 Å². The molecular formula is C28H25N5O4S. The summed E-state index contributed by atoms with van der Waals surface area (Å²) in [6.07, 6.45) is 0. The molecule has 0 saturated heterocycles. The Labute approximate surface area is 223 Å². The molecule has 0 spiro atoms. The van der Waals surface area contributed by atoms with E-state index in [1.807, 2.05) is 84.3 Å². The highest BCUT2D eigenvalue weighted by Crippen LogP contribution is 2.31. The minimum absolute atomic E-state index is 0.0313. The van der Waals surface area contributed by atoms with Crippen molar-refractivity contribution >= 4 is 34.3 Å². The van der Waals surface area contributed by atoms with Gasteiger partial charge in [-0.3, -0.25) is 4.57 Å². The van der Waals surface area contributed by atoms with E-state index in [1.54, 1.807) is 7.11 Å². The van der Waals surface area contributed by atoms with Crippen molar-refractivity contribution in [2.45, 2.75) is 12.1 Å². The summed E-state index contributed by atoms with van der Waals surface area (Å²) in [6, 6.07) is 22.9. The van der Waals surface area contributed by atoms with E-state index in [0.717, 1.165) is 22.3 Å².